The molecule has 0 bridgehead atoms. The van der Waals surface area contributed by atoms with E-state index in [1.165, 1.54) is 10.4 Å². The largest absolute Gasteiger partial charge is 0.383 e. The first kappa shape index (κ1) is 14.7. The number of thiazole rings is 1. The van der Waals surface area contributed by atoms with E-state index < -0.39 is 0 Å². The van der Waals surface area contributed by atoms with E-state index in [1.54, 1.807) is 18.4 Å². The van der Waals surface area contributed by atoms with Crippen LogP contribution in [-0.4, -0.2) is 25.2 Å². The van der Waals surface area contributed by atoms with Crippen molar-refractivity contribution in [2.75, 3.05) is 20.3 Å². The van der Waals surface area contributed by atoms with Crippen molar-refractivity contribution in [1.82, 2.24) is 10.3 Å². The maximum Gasteiger partial charge on any atom is 0.107 e. The third kappa shape index (κ3) is 4.11. The van der Waals surface area contributed by atoms with Gasteiger partial charge in [0, 0.05) is 24.7 Å². The van der Waals surface area contributed by atoms with Gasteiger partial charge in [-0.05, 0) is 24.6 Å². The summed E-state index contributed by atoms with van der Waals surface area (Å²) in [7, 11) is 1.71. The van der Waals surface area contributed by atoms with Crippen molar-refractivity contribution < 1.29 is 4.74 Å². The number of hydrogen-bond donors (Lipinski definition) is 1. The van der Waals surface area contributed by atoms with Crippen molar-refractivity contribution in [3.63, 3.8) is 0 Å². The highest BCUT2D eigenvalue weighted by Crippen LogP contribution is 2.30. The third-order valence-electron chi connectivity index (χ3n) is 2.71. The average Bonchev–Trinajstić information content (AvgIpc) is 2.77. The van der Waals surface area contributed by atoms with Gasteiger partial charge in [-0.3, -0.25) is 0 Å². The molecule has 0 aliphatic rings. The molecule has 0 aliphatic carbocycles. The highest BCUT2D eigenvalue weighted by Gasteiger charge is 2.09. The topological polar surface area (TPSA) is 34.1 Å². The molecule has 3 nitrogen and oxygen atoms in total. The fourth-order valence-corrected chi connectivity index (χ4v) is 3.07. The summed E-state index contributed by atoms with van der Waals surface area (Å²) in [6.45, 7) is 4.44. The minimum absolute atomic E-state index is 0.726. The van der Waals surface area contributed by atoms with Crippen molar-refractivity contribution in [2.24, 2.45) is 0 Å². The van der Waals surface area contributed by atoms with Crippen LogP contribution in [0.25, 0.3) is 10.4 Å². The van der Waals surface area contributed by atoms with Gasteiger partial charge in [0.05, 0.1) is 17.2 Å². The summed E-state index contributed by atoms with van der Waals surface area (Å²) in [5.74, 6) is 0. The number of aryl methyl sites for hydroxylation is 1. The normalized spacial score (nSPS) is 10.9. The summed E-state index contributed by atoms with van der Waals surface area (Å²) >= 11 is 5.20. The van der Waals surface area contributed by atoms with Crippen LogP contribution in [-0.2, 0) is 11.3 Å². The predicted molar refractivity (Wildman–Crippen MR) is 83.6 cm³/mol. The van der Waals surface area contributed by atoms with Crippen LogP contribution < -0.4 is 5.32 Å². The van der Waals surface area contributed by atoms with Gasteiger partial charge in [-0.2, -0.15) is 0 Å². The Morgan fingerprint density at radius 1 is 1.32 bits per heavy atom. The molecule has 1 aromatic heterocycles. The smallest absolute Gasteiger partial charge is 0.107 e. The Balaban J connectivity index is 2.06. The fourth-order valence-electron chi connectivity index (χ4n) is 1.77. The van der Waals surface area contributed by atoms with Crippen LogP contribution in [0.1, 0.15) is 10.7 Å². The summed E-state index contributed by atoms with van der Waals surface area (Å²) in [5.41, 5.74) is 2.32. The van der Waals surface area contributed by atoms with E-state index in [4.69, 9.17) is 4.74 Å². The quantitative estimate of drug-likeness (QED) is 0.815. The number of benzene rings is 1. The maximum absolute atomic E-state index is 5.01. The van der Waals surface area contributed by atoms with Gasteiger partial charge < -0.3 is 10.1 Å². The summed E-state index contributed by atoms with van der Waals surface area (Å²) in [5, 5.41) is 4.44. The summed E-state index contributed by atoms with van der Waals surface area (Å²) in [4.78, 5) is 5.86. The number of rotatable bonds is 6. The zero-order valence-corrected chi connectivity index (χ0v) is 13.5. The molecule has 0 radical (unpaired) electrons. The number of aromatic nitrogens is 1. The van der Waals surface area contributed by atoms with Gasteiger partial charge in [-0.1, -0.05) is 28.1 Å². The number of halogens is 1. The van der Waals surface area contributed by atoms with Gasteiger partial charge in [-0.25, -0.2) is 4.98 Å². The van der Waals surface area contributed by atoms with Crippen molar-refractivity contribution in [2.45, 2.75) is 13.5 Å². The van der Waals surface area contributed by atoms with Gasteiger partial charge in [0.15, 0.2) is 0 Å². The lowest BCUT2D eigenvalue weighted by Crippen LogP contribution is -2.18. The summed E-state index contributed by atoms with van der Waals surface area (Å²) in [6, 6.07) is 8.36. The zero-order chi connectivity index (χ0) is 13.7. The molecule has 1 heterocycles. The molecule has 0 amide bonds. The SMILES string of the molecule is COCCNCc1nc(C)c(-c2ccc(Br)cc2)s1. The molecular formula is C14H17BrN2OS. The van der Waals surface area contributed by atoms with Crippen LogP contribution in [0.2, 0.25) is 0 Å². The number of nitrogens with zero attached hydrogens (tertiary/aromatic N) is 1. The van der Waals surface area contributed by atoms with Crippen molar-refractivity contribution in [1.29, 1.82) is 0 Å². The first-order valence-electron chi connectivity index (χ1n) is 6.12. The second kappa shape index (κ2) is 7.14. The van der Waals surface area contributed by atoms with E-state index in [9.17, 15) is 0 Å². The molecule has 0 aliphatic heterocycles. The van der Waals surface area contributed by atoms with E-state index in [0.717, 1.165) is 34.9 Å². The van der Waals surface area contributed by atoms with Crippen molar-refractivity contribution >= 4 is 27.3 Å². The third-order valence-corrected chi connectivity index (χ3v) is 4.44. The molecule has 19 heavy (non-hydrogen) atoms. The minimum atomic E-state index is 0.726. The lowest BCUT2D eigenvalue weighted by molar-refractivity contribution is 0.199. The molecule has 5 heteroatoms. The summed E-state index contributed by atoms with van der Waals surface area (Å²) < 4.78 is 6.10. The molecule has 0 saturated heterocycles. The van der Waals surface area contributed by atoms with E-state index in [-0.39, 0.29) is 0 Å². The van der Waals surface area contributed by atoms with Crippen molar-refractivity contribution in [3.05, 3.63) is 39.4 Å². The fraction of sp³-hybridized carbons (Fsp3) is 0.357. The number of ether oxygens (including phenoxy) is 1. The van der Waals surface area contributed by atoms with Crippen LogP contribution in [0, 0.1) is 6.92 Å². The molecule has 1 N–H and O–H groups in total. The first-order chi connectivity index (χ1) is 9.20. The van der Waals surface area contributed by atoms with Gasteiger partial charge in [-0.15, -0.1) is 11.3 Å². The van der Waals surface area contributed by atoms with Crippen LogP contribution in [0.15, 0.2) is 28.7 Å². The highest BCUT2D eigenvalue weighted by atomic mass is 79.9. The Morgan fingerprint density at radius 2 is 2.05 bits per heavy atom. The first-order valence-corrected chi connectivity index (χ1v) is 7.73. The molecule has 0 fully saturated rings. The molecule has 2 aromatic rings. The molecule has 102 valence electrons. The van der Waals surface area contributed by atoms with E-state index >= 15 is 0 Å². The van der Waals surface area contributed by atoms with Gasteiger partial charge in [0.25, 0.3) is 0 Å². The van der Waals surface area contributed by atoms with E-state index in [2.05, 4.69) is 57.4 Å². The Bertz CT molecular complexity index is 525. The molecule has 2 rings (SSSR count). The highest BCUT2D eigenvalue weighted by molar-refractivity contribution is 9.10. The molecule has 0 unspecified atom stereocenters. The molecular weight excluding hydrogens is 324 g/mol. The second-order valence-corrected chi connectivity index (χ2v) is 6.20. The molecule has 0 saturated carbocycles. The monoisotopic (exact) mass is 340 g/mol. The van der Waals surface area contributed by atoms with Gasteiger partial charge >= 0.3 is 0 Å². The van der Waals surface area contributed by atoms with E-state index in [0.29, 0.717) is 0 Å². The van der Waals surface area contributed by atoms with Crippen molar-refractivity contribution in [3.8, 4) is 10.4 Å². The maximum atomic E-state index is 5.01. The molecule has 0 spiro atoms. The molecule has 1 aromatic carbocycles. The number of nitrogens with one attached hydrogen (secondary N) is 1. The lowest BCUT2D eigenvalue weighted by atomic mass is 10.2. The second-order valence-electron chi connectivity index (χ2n) is 4.20. The van der Waals surface area contributed by atoms with Gasteiger partial charge in [0.1, 0.15) is 5.01 Å². The Labute approximate surface area is 126 Å². The minimum Gasteiger partial charge on any atom is -0.383 e. The average molecular weight is 341 g/mol. The Hall–Kier alpha value is -0.750. The summed E-state index contributed by atoms with van der Waals surface area (Å²) in [6.07, 6.45) is 0. The predicted octanol–water partition coefficient (Wildman–Crippen LogP) is 3.62. The van der Waals surface area contributed by atoms with E-state index in [1.807, 2.05) is 0 Å². The number of methoxy groups -OCH3 is 1. The van der Waals surface area contributed by atoms with Crippen LogP contribution >= 0.6 is 27.3 Å². The van der Waals surface area contributed by atoms with Crippen LogP contribution in [0.4, 0.5) is 0 Å². The Kier molecular flexibility index (Phi) is 5.51. The zero-order valence-electron chi connectivity index (χ0n) is 11.1. The Morgan fingerprint density at radius 3 is 2.74 bits per heavy atom. The van der Waals surface area contributed by atoms with Crippen LogP contribution in [0.3, 0.4) is 0 Å². The standard InChI is InChI=1S/C14H17BrN2OS/c1-10-14(11-3-5-12(15)6-4-11)19-13(17-10)9-16-7-8-18-2/h3-6,16H,7-9H2,1-2H3. The van der Waals surface area contributed by atoms with Gasteiger partial charge in [0.2, 0.25) is 0 Å². The lowest BCUT2D eigenvalue weighted by Gasteiger charge is -2.00. The van der Waals surface area contributed by atoms with Crippen LogP contribution in [0.5, 0.6) is 0 Å². The number of hydrogen-bond acceptors (Lipinski definition) is 4. The molecule has 0 atom stereocenters.